The Kier molecular flexibility index (Phi) is 5.71. The van der Waals surface area contributed by atoms with Crippen LogP contribution < -0.4 is 4.74 Å². The van der Waals surface area contributed by atoms with Crippen molar-refractivity contribution in [3.8, 4) is 17.1 Å². The van der Waals surface area contributed by atoms with Crippen LogP contribution in [0.15, 0.2) is 53.7 Å². The number of nitrogens with zero attached hydrogens (tertiary/aromatic N) is 3. The molecule has 0 spiro atoms. The largest absolute Gasteiger partial charge is 0.493 e. The zero-order chi connectivity index (χ0) is 17.6. The molecule has 3 rings (SSSR count). The lowest BCUT2D eigenvalue weighted by Gasteiger charge is -2.08. The van der Waals surface area contributed by atoms with Gasteiger partial charge in [0.15, 0.2) is 11.0 Å². The number of rotatable bonds is 7. The molecule has 0 aliphatic rings. The number of benzene rings is 2. The summed E-state index contributed by atoms with van der Waals surface area (Å²) in [5.41, 5.74) is 2.27. The van der Waals surface area contributed by atoms with Crippen molar-refractivity contribution in [1.82, 2.24) is 14.8 Å². The monoisotopic (exact) mass is 357 g/mol. The van der Waals surface area contributed by atoms with Crippen LogP contribution in [0, 0.1) is 12.7 Å². The molecular formula is C19H20FN3OS. The molecule has 0 atom stereocenters. The fourth-order valence-electron chi connectivity index (χ4n) is 2.50. The second kappa shape index (κ2) is 8.16. The van der Waals surface area contributed by atoms with Crippen LogP contribution in [0.2, 0.25) is 0 Å². The van der Waals surface area contributed by atoms with Gasteiger partial charge in [-0.05, 0) is 44.2 Å². The Morgan fingerprint density at radius 3 is 2.64 bits per heavy atom. The summed E-state index contributed by atoms with van der Waals surface area (Å²) in [7, 11) is 0. The van der Waals surface area contributed by atoms with Crippen molar-refractivity contribution < 1.29 is 9.13 Å². The van der Waals surface area contributed by atoms with Gasteiger partial charge in [0, 0.05) is 17.9 Å². The molecule has 0 amide bonds. The molecule has 25 heavy (non-hydrogen) atoms. The van der Waals surface area contributed by atoms with Crippen LogP contribution in [0.5, 0.6) is 5.75 Å². The molecule has 0 saturated heterocycles. The summed E-state index contributed by atoms with van der Waals surface area (Å²) in [5.74, 6) is 2.03. The number of thioether (sulfide) groups is 1. The van der Waals surface area contributed by atoms with Crippen molar-refractivity contribution in [3.63, 3.8) is 0 Å². The zero-order valence-corrected chi connectivity index (χ0v) is 15.1. The maximum Gasteiger partial charge on any atom is 0.191 e. The summed E-state index contributed by atoms with van der Waals surface area (Å²) < 4.78 is 20.6. The van der Waals surface area contributed by atoms with E-state index in [0.29, 0.717) is 12.4 Å². The normalized spacial score (nSPS) is 10.8. The molecule has 0 fully saturated rings. The first-order valence-electron chi connectivity index (χ1n) is 8.19. The second-order valence-electron chi connectivity index (χ2n) is 5.57. The average molecular weight is 357 g/mol. The number of aryl methyl sites for hydroxylation is 1. The van der Waals surface area contributed by atoms with E-state index in [9.17, 15) is 4.39 Å². The summed E-state index contributed by atoms with van der Waals surface area (Å²) in [5, 5.41) is 9.55. The number of hydrogen-bond acceptors (Lipinski definition) is 4. The second-order valence-corrected chi connectivity index (χ2v) is 6.63. The Morgan fingerprint density at radius 2 is 1.92 bits per heavy atom. The molecule has 1 aromatic heterocycles. The van der Waals surface area contributed by atoms with Crippen molar-refractivity contribution in [1.29, 1.82) is 0 Å². The van der Waals surface area contributed by atoms with Gasteiger partial charge in [-0.25, -0.2) is 4.39 Å². The molecule has 3 aromatic rings. The molecule has 6 heteroatoms. The van der Waals surface area contributed by atoms with E-state index in [1.807, 2.05) is 6.07 Å². The molecule has 0 saturated carbocycles. The van der Waals surface area contributed by atoms with Gasteiger partial charge in [0.25, 0.3) is 0 Å². The minimum atomic E-state index is -0.263. The maximum atomic E-state index is 12.9. The van der Waals surface area contributed by atoms with Crippen molar-refractivity contribution in [2.24, 2.45) is 0 Å². The molecule has 1 heterocycles. The average Bonchev–Trinajstić information content (AvgIpc) is 3.03. The third kappa shape index (κ3) is 4.39. The zero-order valence-electron chi connectivity index (χ0n) is 14.3. The predicted octanol–water partition coefficient (Wildman–Crippen LogP) is 4.58. The Morgan fingerprint density at radius 1 is 1.12 bits per heavy atom. The van der Waals surface area contributed by atoms with Gasteiger partial charge in [0.2, 0.25) is 0 Å². The molecule has 0 N–H and O–H groups in total. The SMILES string of the molecule is CCn1c(SCCOc2ccc(F)cc2)nnc1-c1cccc(C)c1. The standard InChI is InChI=1S/C19H20FN3OS/c1-3-23-18(15-6-4-5-14(2)13-15)21-22-19(23)25-12-11-24-17-9-7-16(20)8-10-17/h4-10,13H,3,11-12H2,1-2H3. The smallest absolute Gasteiger partial charge is 0.191 e. The first-order valence-corrected chi connectivity index (χ1v) is 9.17. The van der Waals surface area contributed by atoms with E-state index in [4.69, 9.17) is 4.74 Å². The van der Waals surface area contributed by atoms with Gasteiger partial charge in [-0.1, -0.05) is 35.5 Å². The fourth-order valence-corrected chi connectivity index (χ4v) is 3.32. The summed E-state index contributed by atoms with van der Waals surface area (Å²) in [6.45, 7) is 5.48. The molecule has 4 nitrogen and oxygen atoms in total. The minimum absolute atomic E-state index is 0.263. The van der Waals surface area contributed by atoms with E-state index in [1.54, 1.807) is 23.9 Å². The molecule has 0 unspecified atom stereocenters. The van der Waals surface area contributed by atoms with Gasteiger partial charge in [-0.3, -0.25) is 0 Å². The first-order chi connectivity index (χ1) is 12.2. The Hall–Kier alpha value is -2.34. The van der Waals surface area contributed by atoms with Crippen molar-refractivity contribution in [2.75, 3.05) is 12.4 Å². The van der Waals surface area contributed by atoms with Crippen LogP contribution in [0.25, 0.3) is 11.4 Å². The van der Waals surface area contributed by atoms with Crippen LogP contribution in [-0.4, -0.2) is 27.1 Å². The van der Waals surface area contributed by atoms with E-state index in [2.05, 4.69) is 46.8 Å². The van der Waals surface area contributed by atoms with Crippen molar-refractivity contribution in [3.05, 3.63) is 59.9 Å². The topological polar surface area (TPSA) is 39.9 Å². The minimum Gasteiger partial charge on any atom is -0.493 e. The van der Waals surface area contributed by atoms with Gasteiger partial charge in [0.05, 0.1) is 6.61 Å². The fraction of sp³-hybridized carbons (Fsp3) is 0.263. The van der Waals surface area contributed by atoms with Crippen LogP contribution in [0.1, 0.15) is 12.5 Å². The third-order valence-corrected chi connectivity index (χ3v) is 4.64. The maximum absolute atomic E-state index is 12.9. The van der Waals surface area contributed by atoms with Gasteiger partial charge < -0.3 is 9.30 Å². The molecule has 0 bridgehead atoms. The van der Waals surface area contributed by atoms with Gasteiger partial charge in [-0.15, -0.1) is 10.2 Å². The van der Waals surface area contributed by atoms with E-state index >= 15 is 0 Å². The highest BCUT2D eigenvalue weighted by molar-refractivity contribution is 7.99. The van der Waals surface area contributed by atoms with E-state index < -0.39 is 0 Å². The van der Waals surface area contributed by atoms with Crippen molar-refractivity contribution >= 4 is 11.8 Å². The Bertz CT molecular complexity index is 833. The molecule has 2 aromatic carbocycles. The van der Waals surface area contributed by atoms with Gasteiger partial charge in [-0.2, -0.15) is 0 Å². The van der Waals surface area contributed by atoms with Gasteiger partial charge in [0.1, 0.15) is 11.6 Å². The van der Waals surface area contributed by atoms with E-state index in [1.165, 1.54) is 17.7 Å². The molecule has 0 radical (unpaired) electrons. The number of halogens is 1. The third-order valence-electron chi connectivity index (χ3n) is 3.71. The summed E-state index contributed by atoms with van der Waals surface area (Å²) in [6.07, 6.45) is 0. The molecule has 0 aliphatic carbocycles. The quantitative estimate of drug-likeness (QED) is 0.458. The van der Waals surface area contributed by atoms with Crippen LogP contribution in [0.4, 0.5) is 4.39 Å². The van der Waals surface area contributed by atoms with Crippen LogP contribution in [-0.2, 0) is 6.54 Å². The Labute approximate surface area is 151 Å². The number of hydrogen-bond donors (Lipinski definition) is 0. The number of aromatic nitrogens is 3. The van der Waals surface area contributed by atoms with Gasteiger partial charge >= 0.3 is 0 Å². The molecule has 0 aliphatic heterocycles. The summed E-state index contributed by atoms with van der Waals surface area (Å²) >= 11 is 1.60. The molecular weight excluding hydrogens is 337 g/mol. The highest BCUT2D eigenvalue weighted by atomic mass is 32.2. The van der Waals surface area contributed by atoms with Crippen molar-refractivity contribution in [2.45, 2.75) is 25.5 Å². The Balaban J connectivity index is 1.62. The highest BCUT2D eigenvalue weighted by Gasteiger charge is 2.13. The highest BCUT2D eigenvalue weighted by Crippen LogP contribution is 2.24. The van der Waals surface area contributed by atoms with E-state index in [0.717, 1.165) is 28.8 Å². The summed E-state index contributed by atoms with van der Waals surface area (Å²) in [4.78, 5) is 0. The molecule has 130 valence electrons. The summed E-state index contributed by atoms with van der Waals surface area (Å²) in [6, 6.07) is 14.3. The first kappa shape index (κ1) is 17.5. The lowest BCUT2D eigenvalue weighted by molar-refractivity contribution is 0.343. The van der Waals surface area contributed by atoms with Crippen LogP contribution >= 0.6 is 11.8 Å². The van der Waals surface area contributed by atoms with Crippen LogP contribution in [0.3, 0.4) is 0 Å². The number of ether oxygens (including phenoxy) is 1. The van der Waals surface area contributed by atoms with E-state index in [-0.39, 0.29) is 5.82 Å². The predicted molar refractivity (Wildman–Crippen MR) is 98.5 cm³/mol. The lowest BCUT2D eigenvalue weighted by Crippen LogP contribution is -2.03. The lowest BCUT2D eigenvalue weighted by atomic mass is 10.1.